The fraction of sp³-hybridized carbons (Fsp3) is 0.533. The van der Waals surface area contributed by atoms with Crippen molar-refractivity contribution in [1.82, 2.24) is 4.90 Å². The maximum absolute atomic E-state index is 12.4. The van der Waals surface area contributed by atoms with Gasteiger partial charge in [-0.15, -0.1) is 0 Å². The average molecular weight is 309 g/mol. The highest BCUT2D eigenvalue weighted by molar-refractivity contribution is 5.97. The van der Waals surface area contributed by atoms with Gasteiger partial charge in [0.2, 0.25) is 0 Å². The number of rotatable bonds is 3. The van der Waals surface area contributed by atoms with Crippen molar-refractivity contribution in [2.24, 2.45) is 0 Å². The Morgan fingerprint density at radius 3 is 2.59 bits per heavy atom. The molecular weight excluding hydrogens is 290 g/mol. The van der Waals surface area contributed by atoms with Crippen molar-refractivity contribution < 1.29 is 28.6 Å². The number of amides is 1. The Morgan fingerprint density at radius 2 is 2.05 bits per heavy atom. The van der Waals surface area contributed by atoms with Crippen LogP contribution in [0.3, 0.4) is 0 Å². The van der Waals surface area contributed by atoms with Crippen LogP contribution in [-0.2, 0) is 9.53 Å². The number of nitrogens with zero attached hydrogens (tertiary/aromatic N) is 1. The third kappa shape index (κ3) is 3.47. The summed E-state index contributed by atoms with van der Waals surface area (Å²) in [7, 11) is 0. The third-order valence-corrected chi connectivity index (χ3v) is 3.25. The van der Waals surface area contributed by atoms with Crippen molar-refractivity contribution in [1.29, 1.82) is 0 Å². The standard InChI is InChI=1S/C15H19NO6/c1-15(2,3)22-14(20)10-5-4-6-16(10)12(17)11-7-9(8-21-11)13(18)19/h7-8,10H,4-6H2,1-3H3,(H,18,19)/t10-/m0/s1. The van der Waals surface area contributed by atoms with Crippen LogP contribution < -0.4 is 0 Å². The maximum Gasteiger partial charge on any atom is 0.338 e. The quantitative estimate of drug-likeness (QED) is 0.857. The number of furan rings is 1. The molecule has 7 heteroatoms. The first kappa shape index (κ1) is 16.1. The van der Waals surface area contributed by atoms with Crippen LogP contribution in [0.5, 0.6) is 0 Å². The smallest absolute Gasteiger partial charge is 0.338 e. The van der Waals surface area contributed by atoms with Crippen LogP contribution >= 0.6 is 0 Å². The second kappa shape index (κ2) is 5.82. The summed E-state index contributed by atoms with van der Waals surface area (Å²) < 4.78 is 10.3. The number of carbonyl (C=O) groups excluding carboxylic acids is 2. The predicted molar refractivity (Wildman–Crippen MR) is 75.6 cm³/mol. The molecule has 0 saturated carbocycles. The van der Waals surface area contributed by atoms with Crippen molar-refractivity contribution in [2.45, 2.75) is 45.3 Å². The first-order valence-electron chi connectivity index (χ1n) is 7.05. The molecule has 1 aromatic rings. The number of carbonyl (C=O) groups is 3. The molecule has 7 nitrogen and oxygen atoms in total. The Labute approximate surface area is 127 Å². The Balaban J connectivity index is 2.14. The van der Waals surface area contributed by atoms with E-state index in [1.807, 2.05) is 0 Å². The number of carboxylic acids is 1. The van der Waals surface area contributed by atoms with Crippen molar-refractivity contribution in [3.8, 4) is 0 Å². The molecule has 1 aromatic heterocycles. The summed E-state index contributed by atoms with van der Waals surface area (Å²) in [6, 6.07) is 0.500. The van der Waals surface area contributed by atoms with Crippen molar-refractivity contribution >= 4 is 17.8 Å². The van der Waals surface area contributed by atoms with E-state index >= 15 is 0 Å². The van der Waals surface area contributed by atoms with E-state index in [4.69, 9.17) is 14.3 Å². The summed E-state index contributed by atoms with van der Waals surface area (Å²) in [6.07, 6.45) is 2.21. The molecule has 120 valence electrons. The Hall–Kier alpha value is -2.31. The van der Waals surface area contributed by atoms with E-state index in [0.717, 1.165) is 12.3 Å². The summed E-state index contributed by atoms with van der Waals surface area (Å²) >= 11 is 0. The average Bonchev–Trinajstić information content (AvgIpc) is 3.05. The van der Waals surface area contributed by atoms with Gasteiger partial charge in [0.1, 0.15) is 17.9 Å². The van der Waals surface area contributed by atoms with Gasteiger partial charge in [-0.25, -0.2) is 9.59 Å². The highest BCUT2D eigenvalue weighted by Gasteiger charge is 2.38. The first-order chi connectivity index (χ1) is 10.2. The SMILES string of the molecule is CC(C)(C)OC(=O)[C@@H]1CCCN1C(=O)c1cc(C(=O)O)co1. The summed E-state index contributed by atoms with van der Waals surface area (Å²) in [4.78, 5) is 36.8. The Morgan fingerprint density at radius 1 is 1.36 bits per heavy atom. The van der Waals surface area contributed by atoms with Gasteiger partial charge in [-0.2, -0.15) is 0 Å². The fourth-order valence-electron chi connectivity index (χ4n) is 2.33. The fourth-order valence-corrected chi connectivity index (χ4v) is 2.33. The molecule has 0 aliphatic carbocycles. The molecule has 2 heterocycles. The number of ether oxygens (including phenoxy) is 1. The topological polar surface area (TPSA) is 97.0 Å². The van der Waals surface area contributed by atoms with E-state index < -0.39 is 29.5 Å². The molecule has 0 unspecified atom stereocenters. The monoisotopic (exact) mass is 309 g/mol. The van der Waals surface area contributed by atoms with Gasteiger partial charge in [0, 0.05) is 12.6 Å². The lowest BCUT2D eigenvalue weighted by atomic mass is 10.1. The highest BCUT2D eigenvalue weighted by Crippen LogP contribution is 2.24. The lowest BCUT2D eigenvalue weighted by molar-refractivity contribution is -0.159. The van der Waals surface area contributed by atoms with Gasteiger partial charge in [-0.1, -0.05) is 0 Å². The van der Waals surface area contributed by atoms with Crippen LogP contribution in [-0.4, -0.2) is 46.0 Å². The van der Waals surface area contributed by atoms with E-state index in [1.54, 1.807) is 20.8 Å². The molecule has 0 radical (unpaired) electrons. The molecule has 1 fully saturated rings. The van der Waals surface area contributed by atoms with Gasteiger partial charge in [0.25, 0.3) is 5.91 Å². The van der Waals surface area contributed by atoms with Crippen LogP contribution in [0, 0.1) is 0 Å². The second-order valence-electron chi connectivity index (χ2n) is 6.19. The van der Waals surface area contributed by atoms with Crippen molar-refractivity contribution in [2.75, 3.05) is 6.54 Å². The van der Waals surface area contributed by atoms with Crippen LogP contribution in [0.25, 0.3) is 0 Å². The Bertz CT molecular complexity index is 597. The van der Waals surface area contributed by atoms with Gasteiger partial charge in [0.05, 0.1) is 5.56 Å². The minimum absolute atomic E-state index is 0.0899. The van der Waals surface area contributed by atoms with E-state index in [1.165, 1.54) is 4.90 Å². The summed E-state index contributed by atoms with van der Waals surface area (Å²) in [5, 5.41) is 8.85. The number of esters is 1. The van der Waals surface area contributed by atoms with E-state index in [-0.39, 0.29) is 11.3 Å². The highest BCUT2D eigenvalue weighted by atomic mass is 16.6. The zero-order chi connectivity index (χ0) is 16.5. The predicted octanol–water partition coefficient (Wildman–Crippen LogP) is 1.92. The van der Waals surface area contributed by atoms with Crippen molar-refractivity contribution in [3.63, 3.8) is 0 Å². The van der Waals surface area contributed by atoms with Gasteiger partial charge in [-0.3, -0.25) is 4.79 Å². The zero-order valence-electron chi connectivity index (χ0n) is 12.8. The molecule has 1 N–H and O–H groups in total. The normalized spacial score (nSPS) is 18.3. The van der Waals surface area contributed by atoms with Gasteiger partial charge >= 0.3 is 11.9 Å². The molecule has 1 saturated heterocycles. The summed E-state index contributed by atoms with van der Waals surface area (Å²) in [5.41, 5.74) is -0.730. The lowest BCUT2D eigenvalue weighted by Crippen LogP contribution is -2.43. The molecule has 1 amide bonds. The first-order valence-corrected chi connectivity index (χ1v) is 7.05. The molecule has 2 rings (SSSR count). The number of likely N-dealkylation sites (tertiary alicyclic amines) is 1. The molecule has 0 spiro atoms. The van der Waals surface area contributed by atoms with Crippen LogP contribution in [0.4, 0.5) is 0 Å². The van der Waals surface area contributed by atoms with Crippen LogP contribution in [0.15, 0.2) is 16.7 Å². The van der Waals surface area contributed by atoms with Gasteiger partial charge in [0.15, 0.2) is 5.76 Å². The molecule has 0 aromatic carbocycles. The van der Waals surface area contributed by atoms with E-state index in [9.17, 15) is 14.4 Å². The lowest BCUT2D eigenvalue weighted by Gasteiger charge is -2.26. The number of aromatic carboxylic acids is 1. The molecule has 0 bridgehead atoms. The molecule has 1 atom stereocenters. The van der Waals surface area contributed by atoms with Gasteiger partial charge < -0.3 is 19.2 Å². The van der Waals surface area contributed by atoms with E-state index in [0.29, 0.717) is 19.4 Å². The number of hydrogen-bond acceptors (Lipinski definition) is 5. The Kier molecular flexibility index (Phi) is 4.25. The zero-order valence-corrected chi connectivity index (χ0v) is 12.8. The summed E-state index contributed by atoms with van der Waals surface area (Å²) in [5.74, 6) is -2.22. The third-order valence-electron chi connectivity index (χ3n) is 3.25. The maximum atomic E-state index is 12.4. The minimum Gasteiger partial charge on any atom is -0.478 e. The van der Waals surface area contributed by atoms with Crippen molar-refractivity contribution in [3.05, 3.63) is 23.7 Å². The molecule has 22 heavy (non-hydrogen) atoms. The molecule has 1 aliphatic rings. The van der Waals surface area contributed by atoms with E-state index in [2.05, 4.69) is 0 Å². The number of hydrogen-bond donors (Lipinski definition) is 1. The second-order valence-corrected chi connectivity index (χ2v) is 6.19. The summed E-state index contributed by atoms with van der Waals surface area (Å²) in [6.45, 7) is 5.69. The molecule has 1 aliphatic heterocycles. The van der Waals surface area contributed by atoms with Crippen LogP contribution in [0.1, 0.15) is 54.5 Å². The minimum atomic E-state index is -1.17. The largest absolute Gasteiger partial charge is 0.478 e. The number of carboxylic acid groups (broad SMARTS) is 1. The van der Waals surface area contributed by atoms with Crippen LogP contribution in [0.2, 0.25) is 0 Å². The molecular formula is C15H19NO6. The van der Waals surface area contributed by atoms with Gasteiger partial charge in [-0.05, 0) is 33.6 Å².